The van der Waals surface area contributed by atoms with Crippen LogP contribution in [0.15, 0.2) is 17.5 Å². The third-order valence-electron chi connectivity index (χ3n) is 1.87. The molecule has 0 aliphatic heterocycles. The lowest BCUT2D eigenvalue weighted by Crippen LogP contribution is -2.15. The lowest BCUT2D eigenvalue weighted by atomic mass is 10.4. The number of sulfone groups is 1. The summed E-state index contributed by atoms with van der Waals surface area (Å²) in [6.45, 7) is 0. The van der Waals surface area contributed by atoms with E-state index in [0.29, 0.717) is 6.42 Å². The van der Waals surface area contributed by atoms with Crippen LogP contribution < -0.4 is 0 Å². The third-order valence-corrected chi connectivity index (χ3v) is 4.45. The minimum absolute atomic E-state index is 0.0286. The Morgan fingerprint density at radius 3 is 2.67 bits per heavy atom. The fourth-order valence-electron chi connectivity index (χ4n) is 1.06. The highest BCUT2D eigenvalue weighted by atomic mass is 32.2. The number of aryl methyl sites for hydroxylation is 1. The molecular weight excluding hydrogens is 236 g/mol. The van der Waals surface area contributed by atoms with E-state index in [1.54, 1.807) is 0 Å². The van der Waals surface area contributed by atoms with Gasteiger partial charge in [-0.3, -0.25) is 4.79 Å². The largest absolute Gasteiger partial charge is 0.481 e. The van der Waals surface area contributed by atoms with Gasteiger partial charge in [-0.1, -0.05) is 6.07 Å². The quantitative estimate of drug-likeness (QED) is 0.820. The number of hydrogen-bond acceptors (Lipinski definition) is 4. The van der Waals surface area contributed by atoms with Gasteiger partial charge in [0.25, 0.3) is 0 Å². The molecule has 1 N–H and O–H groups in total. The van der Waals surface area contributed by atoms with E-state index in [1.807, 2.05) is 17.5 Å². The molecule has 0 aliphatic rings. The van der Waals surface area contributed by atoms with Gasteiger partial charge in [-0.15, -0.1) is 11.3 Å². The third kappa shape index (κ3) is 4.94. The zero-order valence-corrected chi connectivity index (χ0v) is 9.68. The normalized spacial score (nSPS) is 11.5. The molecule has 1 rings (SSSR count). The van der Waals surface area contributed by atoms with Crippen LogP contribution in [-0.4, -0.2) is 31.0 Å². The number of hydrogen-bond donors (Lipinski definition) is 1. The van der Waals surface area contributed by atoms with Gasteiger partial charge >= 0.3 is 5.97 Å². The van der Waals surface area contributed by atoms with E-state index in [4.69, 9.17) is 5.11 Å². The fourth-order valence-corrected chi connectivity index (χ4v) is 3.11. The summed E-state index contributed by atoms with van der Waals surface area (Å²) in [6.07, 6.45) is 0.159. The van der Waals surface area contributed by atoms with E-state index < -0.39 is 15.8 Å². The zero-order valence-electron chi connectivity index (χ0n) is 8.05. The van der Waals surface area contributed by atoms with Crippen molar-refractivity contribution in [2.24, 2.45) is 0 Å². The zero-order chi connectivity index (χ0) is 11.3. The van der Waals surface area contributed by atoms with Crippen LogP contribution in [0.5, 0.6) is 0 Å². The van der Waals surface area contributed by atoms with E-state index in [0.717, 1.165) is 4.88 Å². The molecule has 1 aromatic heterocycles. The van der Waals surface area contributed by atoms with Crippen LogP contribution in [0.2, 0.25) is 0 Å². The Morgan fingerprint density at radius 1 is 1.40 bits per heavy atom. The Hall–Kier alpha value is -0.880. The van der Waals surface area contributed by atoms with Gasteiger partial charge in [-0.2, -0.15) is 0 Å². The average molecular weight is 248 g/mol. The molecule has 0 amide bonds. The molecule has 84 valence electrons. The van der Waals surface area contributed by atoms with Gasteiger partial charge in [0.2, 0.25) is 0 Å². The van der Waals surface area contributed by atoms with Crippen molar-refractivity contribution < 1.29 is 18.3 Å². The second-order valence-electron chi connectivity index (χ2n) is 3.12. The lowest BCUT2D eigenvalue weighted by molar-refractivity contribution is -0.136. The minimum atomic E-state index is -3.23. The van der Waals surface area contributed by atoms with E-state index in [2.05, 4.69) is 0 Å². The summed E-state index contributed by atoms with van der Waals surface area (Å²) >= 11 is 1.51. The molecule has 0 atom stereocenters. The topological polar surface area (TPSA) is 71.4 Å². The summed E-state index contributed by atoms with van der Waals surface area (Å²) in [5, 5.41) is 10.3. The van der Waals surface area contributed by atoms with Crippen LogP contribution in [-0.2, 0) is 21.1 Å². The average Bonchev–Trinajstić information content (AvgIpc) is 2.65. The summed E-state index contributed by atoms with van der Waals surface area (Å²) < 4.78 is 22.7. The van der Waals surface area contributed by atoms with Crippen molar-refractivity contribution >= 4 is 27.1 Å². The van der Waals surface area contributed by atoms with Crippen molar-refractivity contribution in [3.63, 3.8) is 0 Å². The second-order valence-corrected chi connectivity index (χ2v) is 6.46. The number of rotatable bonds is 6. The minimum Gasteiger partial charge on any atom is -0.481 e. The SMILES string of the molecule is O=C(O)CCS(=O)(=O)CCc1cccs1. The second kappa shape index (κ2) is 5.27. The summed E-state index contributed by atoms with van der Waals surface area (Å²) in [4.78, 5) is 11.2. The first-order valence-electron chi connectivity index (χ1n) is 4.44. The maximum absolute atomic E-state index is 11.4. The Bertz CT molecular complexity index is 405. The highest BCUT2D eigenvalue weighted by Crippen LogP contribution is 2.10. The first-order valence-corrected chi connectivity index (χ1v) is 7.14. The molecular formula is C9H12O4S2. The highest BCUT2D eigenvalue weighted by Gasteiger charge is 2.13. The number of aliphatic carboxylic acids is 1. The Kier molecular flexibility index (Phi) is 4.28. The van der Waals surface area contributed by atoms with Crippen molar-refractivity contribution in [1.29, 1.82) is 0 Å². The van der Waals surface area contributed by atoms with Gasteiger partial charge in [0.1, 0.15) is 0 Å². The molecule has 0 spiro atoms. The maximum atomic E-state index is 11.4. The van der Waals surface area contributed by atoms with Gasteiger partial charge in [0.15, 0.2) is 9.84 Å². The predicted octanol–water partition coefficient (Wildman–Crippen LogP) is 1.18. The molecule has 0 saturated heterocycles. The fraction of sp³-hybridized carbons (Fsp3) is 0.444. The van der Waals surface area contributed by atoms with Crippen molar-refractivity contribution in [2.45, 2.75) is 12.8 Å². The van der Waals surface area contributed by atoms with Crippen LogP contribution in [0.1, 0.15) is 11.3 Å². The van der Waals surface area contributed by atoms with Crippen LogP contribution in [0, 0.1) is 0 Å². The number of carbonyl (C=O) groups is 1. The van der Waals surface area contributed by atoms with Gasteiger partial charge in [0, 0.05) is 4.88 Å². The van der Waals surface area contributed by atoms with Gasteiger partial charge in [-0.05, 0) is 17.9 Å². The number of carboxylic acids is 1. The number of thiophene rings is 1. The standard InChI is InChI=1S/C9H12O4S2/c10-9(11)4-7-15(12,13)6-3-8-2-1-5-14-8/h1-2,5H,3-4,6-7H2,(H,10,11). The predicted molar refractivity (Wildman–Crippen MR) is 58.9 cm³/mol. The molecule has 15 heavy (non-hydrogen) atoms. The monoisotopic (exact) mass is 248 g/mol. The molecule has 0 bridgehead atoms. The van der Waals surface area contributed by atoms with E-state index in [9.17, 15) is 13.2 Å². The molecule has 0 fully saturated rings. The van der Waals surface area contributed by atoms with Crippen molar-refractivity contribution in [2.75, 3.05) is 11.5 Å². The van der Waals surface area contributed by atoms with Crippen LogP contribution >= 0.6 is 11.3 Å². The van der Waals surface area contributed by atoms with Crippen molar-refractivity contribution in [3.8, 4) is 0 Å². The van der Waals surface area contributed by atoms with E-state index >= 15 is 0 Å². The molecule has 1 heterocycles. The molecule has 4 nitrogen and oxygen atoms in total. The summed E-state index contributed by atoms with van der Waals surface area (Å²) in [5.74, 6) is -1.32. The summed E-state index contributed by atoms with van der Waals surface area (Å²) in [5.41, 5.74) is 0. The van der Waals surface area contributed by atoms with Crippen LogP contribution in [0.25, 0.3) is 0 Å². The van der Waals surface area contributed by atoms with Gasteiger partial charge in [-0.25, -0.2) is 8.42 Å². The first-order chi connectivity index (χ1) is 6.99. The van der Waals surface area contributed by atoms with Gasteiger partial charge < -0.3 is 5.11 Å². The highest BCUT2D eigenvalue weighted by molar-refractivity contribution is 7.91. The number of carboxylic acid groups (broad SMARTS) is 1. The van der Waals surface area contributed by atoms with Crippen LogP contribution in [0.3, 0.4) is 0 Å². The van der Waals surface area contributed by atoms with E-state index in [-0.39, 0.29) is 17.9 Å². The van der Waals surface area contributed by atoms with Crippen LogP contribution in [0.4, 0.5) is 0 Å². The Morgan fingerprint density at radius 2 is 2.13 bits per heavy atom. The Labute approximate surface area is 92.5 Å². The Balaban J connectivity index is 2.40. The summed E-state index contributed by atoms with van der Waals surface area (Å²) in [6, 6.07) is 3.74. The molecule has 0 aliphatic carbocycles. The summed E-state index contributed by atoms with van der Waals surface area (Å²) in [7, 11) is -3.23. The molecule has 0 saturated carbocycles. The van der Waals surface area contributed by atoms with E-state index in [1.165, 1.54) is 11.3 Å². The maximum Gasteiger partial charge on any atom is 0.304 e. The molecule has 1 aromatic rings. The van der Waals surface area contributed by atoms with Crippen molar-refractivity contribution in [1.82, 2.24) is 0 Å². The molecule has 0 radical (unpaired) electrons. The molecule has 0 aromatic carbocycles. The smallest absolute Gasteiger partial charge is 0.304 e. The first kappa shape index (κ1) is 12.2. The molecule has 0 unspecified atom stereocenters. The lowest BCUT2D eigenvalue weighted by Gasteiger charge is -2.00. The molecule has 6 heteroatoms. The van der Waals surface area contributed by atoms with Gasteiger partial charge in [0.05, 0.1) is 17.9 Å². The van der Waals surface area contributed by atoms with Crippen molar-refractivity contribution in [3.05, 3.63) is 22.4 Å².